The van der Waals surface area contributed by atoms with E-state index in [4.69, 9.17) is 5.73 Å². The minimum Gasteiger partial charge on any atom is -0.322 e. The Balaban J connectivity index is 2.27. The Morgan fingerprint density at radius 3 is 2.82 bits per heavy atom. The third-order valence-electron chi connectivity index (χ3n) is 2.38. The molecule has 1 aromatic carbocycles. The van der Waals surface area contributed by atoms with Crippen LogP contribution >= 0.6 is 15.9 Å². The number of aromatic nitrogens is 3. The topological polar surface area (TPSA) is 67.6 Å². The smallest absolute Gasteiger partial charge is 0.143 e. The lowest BCUT2D eigenvalue weighted by Gasteiger charge is -2.10. The molecule has 0 fully saturated rings. The van der Waals surface area contributed by atoms with Crippen LogP contribution in [-0.4, -0.2) is 15.4 Å². The lowest BCUT2D eigenvalue weighted by molar-refractivity contribution is 0.533. The van der Waals surface area contributed by atoms with Crippen LogP contribution < -0.4 is 5.73 Å². The van der Waals surface area contributed by atoms with E-state index in [2.05, 4.69) is 31.3 Å². The maximum Gasteiger partial charge on any atom is 0.143 e. The molecule has 1 aromatic heterocycles. The second-order valence-corrected chi connectivity index (χ2v) is 4.38. The molecule has 0 spiro atoms. The molecule has 2 aromatic rings. The number of H-pyrrole nitrogens is 1. The molecule has 0 amide bonds. The van der Waals surface area contributed by atoms with Gasteiger partial charge in [-0.15, -0.1) is 0 Å². The molecular weight excluding hydrogens is 294 g/mol. The molecule has 0 saturated carbocycles. The summed E-state index contributed by atoms with van der Waals surface area (Å²) in [5.74, 6) is -1.26. The molecule has 2 rings (SSSR count). The molecule has 4 nitrogen and oxygen atoms in total. The average molecular weight is 303 g/mol. The van der Waals surface area contributed by atoms with Gasteiger partial charge in [0.2, 0.25) is 0 Å². The van der Waals surface area contributed by atoms with Crippen molar-refractivity contribution in [3.8, 4) is 0 Å². The molecule has 90 valence electrons. The fourth-order valence-electron chi connectivity index (χ4n) is 1.47. The van der Waals surface area contributed by atoms with Crippen LogP contribution in [0, 0.1) is 11.6 Å². The molecule has 0 saturated heterocycles. The number of halogens is 3. The van der Waals surface area contributed by atoms with Crippen molar-refractivity contribution in [2.24, 2.45) is 5.73 Å². The van der Waals surface area contributed by atoms with E-state index in [-0.39, 0.29) is 16.5 Å². The van der Waals surface area contributed by atoms with Crippen LogP contribution in [0.1, 0.15) is 17.3 Å². The van der Waals surface area contributed by atoms with Gasteiger partial charge < -0.3 is 5.73 Å². The largest absolute Gasteiger partial charge is 0.322 e. The summed E-state index contributed by atoms with van der Waals surface area (Å²) < 4.78 is 27.4. The number of nitrogens with one attached hydrogen (secondary N) is 1. The Hall–Kier alpha value is -1.34. The molecule has 0 aliphatic heterocycles. The molecule has 3 N–H and O–H groups in total. The molecule has 0 aliphatic carbocycles. The van der Waals surface area contributed by atoms with Crippen LogP contribution in [0.5, 0.6) is 0 Å². The van der Waals surface area contributed by atoms with Gasteiger partial charge in [0, 0.05) is 5.56 Å². The number of hydrogen-bond acceptors (Lipinski definition) is 3. The Bertz CT molecular complexity index is 515. The first-order chi connectivity index (χ1) is 8.09. The summed E-state index contributed by atoms with van der Waals surface area (Å²) in [7, 11) is 0. The van der Waals surface area contributed by atoms with Gasteiger partial charge in [0.05, 0.1) is 22.4 Å². The molecule has 1 unspecified atom stereocenters. The van der Waals surface area contributed by atoms with Gasteiger partial charge in [-0.25, -0.2) is 8.78 Å². The van der Waals surface area contributed by atoms with Crippen molar-refractivity contribution in [3.63, 3.8) is 0 Å². The first-order valence-corrected chi connectivity index (χ1v) is 5.62. The van der Waals surface area contributed by atoms with Crippen molar-refractivity contribution in [1.29, 1.82) is 0 Å². The highest BCUT2D eigenvalue weighted by molar-refractivity contribution is 9.10. The monoisotopic (exact) mass is 302 g/mol. The zero-order valence-electron chi connectivity index (χ0n) is 8.62. The van der Waals surface area contributed by atoms with E-state index in [0.29, 0.717) is 5.69 Å². The number of nitrogens with zero attached hydrogens (tertiary/aromatic N) is 2. The summed E-state index contributed by atoms with van der Waals surface area (Å²) in [6.45, 7) is 0. The lowest BCUT2D eigenvalue weighted by Crippen LogP contribution is -2.16. The normalized spacial score (nSPS) is 12.7. The van der Waals surface area contributed by atoms with E-state index in [1.54, 1.807) is 0 Å². The zero-order valence-corrected chi connectivity index (χ0v) is 10.2. The van der Waals surface area contributed by atoms with Crippen molar-refractivity contribution in [3.05, 3.63) is 45.7 Å². The van der Waals surface area contributed by atoms with Gasteiger partial charge in [-0.3, -0.25) is 0 Å². The highest BCUT2D eigenvalue weighted by Gasteiger charge is 2.17. The molecule has 7 heteroatoms. The molecule has 0 bridgehead atoms. The third-order valence-corrected chi connectivity index (χ3v) is 2.99. The van der Waals surface area contributed by atoms with Gasteiger partial charge in [-0.2, -0.15) is 15.4 Å². The average Bonchev–Trinajstić information content (AvgIpc) is 2.83. The number of rotatable bonds is 3. The summed E-state index contributed by atoms with van der Waals surface area (Å²) >= 11 is 3.00. The predicted molar refractivity (Wildman–Crippen MR) is 61.1 cm³/mol. The maximum absolute atomic E-state index is 13.7. The predicted octanol–water partition coefficient (Wildman–Crippen LogP) is 2.09. The highest BCUT2D eigenvalue weighted by Crippen LogP contribution is 2.24. The SMILES string of the molecule is NC(Cc1c(F)ccc(Br)c1F)c1cn[nH]n1. The van der Waals surface area contributed by atoms with Crippen molar-refractivity contribution < 1.29 is 8.78 Å². The Kier molecular flexibility index (Phi) is 3.49. The van der Waals surface area contributed by atoms with E-state index in [1.807, 2.05) is 0 Å². The van der Waals surface area contributed by atoms with Crippen LogP contribution in [0.4, 0.5) is 8.78 Å². The molecule has 0 radical (unpaired) electrons. The van der Waals surface area contributed by atoms with Crippen molar-refractivity contribution in [2.75, 3.05) is 0 Å². The fourth-order valence-corrected chi connectivity index (χ4v) is 1.84. The minimum atomic E-state index is -0.635. The molecule has 1 atom stereocenters. The van der Waals surface area contributed by atoms with Crippen LogP contribution in [0.15, 0.2) is 22.8 Å². The summed E-state index contributed by atoms with van der Waals surface area (Å²) in [6, 6.07) is 1.90. The van der Waals surface area contributed by atoms with Crippen molar-refractivity contribution >= 4 is 15.9 Å². The summed E-state index contributed by atoms with van der Waals surface area (Å²) in [4.78, 5) is 0. The fraction of sp³-hybridized carbons (Fsp3) is 0.200. The summed E-state index contributed by atoms with van der Waals surface area (Å²) in [5, 5.41) is 9.77. The Morgan fingerprint density at radius 1 is 1.41 bits per heavy atom. The molecule has 17 heavy (non-hydrogen) atoms. The van der Waals surface area contributed by atoms with Gasteiger partial charge in [0.15, 0.2) is 0 Å². The quantitative estimate of drug-likeness (QED) is 0.853. The second kappa shape index (κ2) is 4.89. The summed E-state index contributed by atoms with van der Waals surface area (Å²) in [5.41, 5.74) is 6.19. The van der Waals surface area contributed by atoms with Crippen molar-refractivity contribution in [1.82, 2.24) is 15.4 Å². The van der Waals surface area contributed by atoms with Gasteiger partial charge in [-0.1, -0.05) is 0 Å². The number of nitrogens with two attached hydrogens (primary N) is 1. The van der Waals surface area contributed by atoms with E-state index < -0.39 is 17.7 Å². The van der Waals surface area contributed by atoms with E-state index in [1.165, 1.54) is 18.3 Å². The van der Waals surface area contributed by atoms with E-state index in [9.17, 15) is 8.78 Å². The first-order valence-electron chi connectivity index (χ1n) is 4.83. The van der Waals surface area contributed by atoms with Crippen LogP contribution in [0.25, 0.3) is 0 Å². The number of benzene rings is 1. The van der Waals surface area contributed by atoms with Gasteiger partial charge >= 0.3 is 0 Å². The van der Waals surface area contributed by atoms with E-state index >= 15 is 0 Å². The van der Waals surface area contributed by atoms with Gasteiger partial charge in [0.25, 0.3) is 0 Å². The second-order valence-electron chi connectivity index (χ2n) is 3.53. The molecule has 0 aliphatic rings. The Labute approximate surface area is 104 Å². The minimum absolute atomic E-state index is 0.0175. The maximum atomic E-state index is 13.7. The first kappa shape index (κ1) is 12.1. The lowest BCUT2D eigenvalue weighted by atomic mass is 10.0. The number of hydrogen-bond donors (Lipinski definition) is 2. The third kappa shape index (κ3) is 2.50. The Morgan fingerprint density at radius 2 is 2.18 bits per heavy atom. The van der Waals surface area contributed by atoms with Crippen molar-refractivity contribution in [2.45, 2.75) is 12.5 Å². The highest BCUT2D eigenvalue weighted by atomic mass is 79.9. The summed E-state index contributed by atoms with van der Waals surface area (Å²) in [6.07, 6.45) is 1.45. The van der Waals surface area contributed by atoms with Gasteiger partial charge in [-0.05, 0) is 34.5 Å². The standard InChI is InChI=1S/C10H9BrF2N4/c11-6-1-2-7(12)5(10(6)13)3-8(14)9-4-15-17-16-9/h1-2,4,8H,3,14H2,(H,15,16,17). The molecule has 1 heterocycles. The zero-order chi connectivity index (χ0) is 12.4. The van der Waals surface area contributed by atoms with Gasteiger partial charge in [0.1, 0.15) is 11.6 Å². The number of aromatic amines is 1. The van der Waals surface area contributed by atoms with Crippen LogP contribution in [0.3, 0.4) is 0 Å². The van der Waals surface area contributed by atoms with Crippen LogP contribution in [-0.2, 0) is 6.42 Å². The molecular formula is C10H9BrF2N4. The van der Waals surface area contributed by atoms with Crippen LogP contribution in [0.2, 0.25) is 0 Å². The van der Waals surface area contributed by atoms with E-state index in [0.717, 1.165) is 0 Å².